The lowest BCUT2D eigenvalue weighted by atomic mass is 10.2. The summed E-state index contributed by atoms with van der Waals surface area (Å²) in [4.78, 5) is 28.3. The quantitative estimate of drug-likeness (QED) is 0.603. The van der Waals surface area contributed by atoms with E-state index >= 15 is 0 Å². The molecule has 6 heteroatoms. The molecule has 17 heavy (non-hydrogen) atoms. The Morgan fingerprint density at radius 1 is 1.47 bits per heavy atom. The summed E-state index contributed by atoms with van der Waals surface area (Å²) in [5.74, 6) is -0.732. The fourth-order valence-corrected chi connectivity index (χ4v) is 1.34. The van der Waals surface area contributed by atoms with Gasteiger partial charge in [0.2, 0.25) is 0 Å². The van der Waals surface area contributed by atoms with Crippen LogP contribution in [0.3, 0.4) is 0 Å². The number of pyridine rings is 1. The normalized spacial score (nSPS) is 9.82. The summed E-state index contributed by atoms with van der Waals surface area (Å²) in [6.07, 6.45) is 1.38. The van der Waals surface area contributed by atoms with Crippen molar-refractivity contribution in [1.29, 1.82) is 0 Å². The average molecular weight is 257 g/mol. The molecule has 0 bridgehead atoms. The summed E-state index contributed by atoms with van der Waals surface area (Å²) >= 11 is 5.63. The lowest BCUT2D eigenvalue weighted by molar-refractivity contribution is -0.141. The Kier molecular flexibility index (Phi) is 4.90. The molecule has 5 nitrogen and oxygen atoms in total. The monoisotopic (exact) mass is 256 g/mol. The van der Waals surface area contributed by atoms with E-state index in [9.17, 15) is 9.59 Å². The molecule has 0 atom stereocenters. The van der Waals surface area contributed by atoms with E-state index in [1.165, 1.54) is 24.3 Å². The van der Waals surface area contributed by atoms with Crippen molar-refractivity contribution in [1.82, 2.24) is 9.88 Å². The number of hydrogen-bond donors (Lipinski definition) is 0. The summed E-state index contributed by atoms with van der Waals surface area (Å²) in [5.41, 5.74) is 0.389. The molecule has 0 aromatic carbocycles. The molecule has 1 rings (SSSR count). The lowest BCUT2D eigenvalue weighted by Crippen LogP contribution is -2.36. The maximum Gasteiger partial charge on any atom is 0.325 e. The molecule has 0 aliphatic carbocycles. The third kappa shape index (κ3) is 3.71. The fraction of sp³-hybridized carbons (Fsp3) is 0.364. The van der Waals surface area contributed by atoms with Crippen molar-refractivity contribution in [2.75, 3.05) is 20.2 Å². The predicted molar refractivity (Wildman–Crippen MR) is 62.8 cm³/mol. The Hall–Kier alpha value is -1.62. The third-order valence-electron chi connectivity index (χ3n) is 2.19. The van der Waals surface area contributed by atoms with Crippen molar-refractivity contribution in [3.05, 3.63) is 29.0 Å². The van der Waals surface area contributed by atoms with Gasteiger partial charge in [0.1, 0.15) is 11.7 Å². The molecule has 0 unspecified atom stereocenters. The highest BCUT2D eigenvalue weighted by atomic mass is 35.5. The van der Waals surface area contributed by atoms with Gasteiger partial charge in [-0.1, -0.05) is 11.6 Å². The van der Waals surface area contributed by atoms with Crippen LogP contribution in [-0.4, -0.2) is 42.0 Å². The lowest BCUT2D eigenvalue weighted by Gasteiger charge is -2.19. The van der Waals surface area contributed by atoms with Crippen molar-refractivity contribution in [2.45, 2.75) is 6.92 Å². The van der Waals surface area contributed by atoms with Crippen LogP contribution < -0.4 is 0 Å². The van der Waals surface area contributed by atoms with Crippen molar-refractivity contribution >= 4 is 23.5 Å². The van der Waals surface area contributed by atoms with Gasteiger partial charge in [0.05, 0.1) is 12.7 Å². The number of aromatic nitrogens is 1. The molecule has 0 spiro atoms. The standard InChI is InChI=1S/C11H13ClN2O3/c1-3-14(7-10(15)17-2)11(16)8-4-5-9(12)13-6-8/h4-6H,3,7H2,1-2H3. The van der Waals surface area contributed by atoms with Crippen LogP contribution in [0.2, 0.25) is 5.15 Å². The Bertz CT molecular complexity index is 406. The van der Waals surface area contributed by atoms with Gasteiger partial charge in [-0.15, -0.1) is 0 Å². The smallest absolute Gasteiger partial charge is 0.325 e. The van der Waals surface area contributed by atoms with Gasteiger partial charge >= 0.3 is 5.97 Å². The van der Waals surface area contributed by atoms with E-state index < -0.39 is 5.97 Å². The molecular weight excluding hydrogens is 244 g/mol. The number of amides is 1. The molecule has 0 radical (unpaired) electrons. The highest BCUT2D eigenvalue weighted by Gasteiger charge is 2.17. The minimum absolute atomic E-state index is 0.0749. The van der Waals surface area contributed by atoms with Gasteiger partial charge in [0.15, 0.2) is 0 Å². The summed E-state index contributed by atoms with van der Waals surface area (Å²) in [6, 6.07) is 3.10. The number of hydrogen-bond acceptors (Lipinski definition) is 4. The van der Waals surface area contributed by atoms with Crippen LogP contribution in [-0.2, 0) is 9.53 Å². The minimum Gasteiger partial charge on any atom is -0.468 e. The van der Waals surface area contributed by atoms with Crippen molar-refractivity contribution in [2.24, 2.45) is 0 Å². The Labute approximate surface area is 104 Å². The van der Waals surface area contributed by atoms with Crippen LogP contribution in [0.4, 0.5) is 0 Å². The van der Waals surface area contributed by atoms with Crippen LogP contribution >= 0.6 is 11.6 Å². The molecule has 1 heterocycles. The predicted octanol–water partition coefficient (Wildman–Crippen LogP) is 1.37. The number of ether oxygens (including phenoxy) is 1. The maximum absolute atomic E-state index is 12.0. The van der Waals surface area contributed by atoms with E-state index in [0.29, 0.717) is 17.3 Å². The Balaban J connectivity index is 2.78. The summed E-state index contributed by atoms with van der Waals surface area (Å²) in [7, 11) is 1.28. The molecule has 0 fully saturated rings. The van der Waals surface area contributed by atoms with Crippen molar-refractivity contribution in [3.8, 4) is 0 Å². The Morgan fingerprint density at radius 2 is 2.18 bits per heavy atom. The number of carbonyl (C=O) groups excluding carboxylic acids is 2. The van der Waals surface area contributed by atoms with Gasteiger partial charge in [-0.3, -0.25) is 9.59 Å². The topological polar surface area (TPSA) is 59.5 Å². The van der Waals surface area contributed by atoms with E-state index in [1.54, 1.807) is 13.0 Å². The maximum atomic E-state index is 12.0. The van der Waals surface area contributed by atoms with Gasteiger partial charge in [0, 0.05) is 12.7 Å². The van der Waals surface area contributed by atoms with E-state index in [-0.39, 0.29) is 12.5 Å². The van der Waals surface area contributed by atoms with Crippen molar-refractivity contribution < 1.29 is 14.3 Å². The largest absolute Gasteiger partial charge is 0.468 e. The van der Waals surface area contributed by atoms with E-state index in [4.69, 9.17) is 11.6 Å². The second-order valence-electron chi connectivity index (χ2n) is 3.27. The molecule has 1 aromatic heterocycles. The Morgan fingerprint density at radius 3 is 2.65 bits per heavy atom. The highest BCUT2D eigenvalue weighted by molar-refractivity contribution is 6.29. The first-order valence-corrected chi connectivity index (χ1v) is 5.44. The fourth-order valence-electron chi connectivity index (χ4n) is 1.23. The average Bonchev–Trinajstić information content (AvgIpc) is 2.35. The molecule has 0 saturated heterocycles. The van der Waals surface area contributed by atoms with E-state index in [0.717, 1.165) is 0 Å². The van der Waals surface area contributed by atoms with Gasteiger partial charge in [-0.2, -0.15) is 0 Å². The molecule has 0 saturated carbocycles. The number of halogens is 1. The zero-order valence-corrected chi connectivity index (χ0v) is 10.4. The number of carbonyl (C=O) groups is 2. The third-order valence-corrected chi connectivity index (χ3v) is 2.41. The zero-order valence-electron chi connectivity index (χ0n) is 9.64. The molecule has 92 valence electrons. The van der Waals surface area contributed by atoms with E-state index in [2.05, 4.69) is 9.72 Å². The van der Waals surface area contributed by atoms with Crippen LogP contribution in [0.1, 0.15) is 17.3 Å². The SMILES string of the molecule is CCN(CC(=O)OC)C(=O)c1ccc(Cl)nc1. The summed E-state index contributed by atoms with van der Waals surface area (Å²) in [6.45, 7) is 2.12. The second-order valence-corrected chi connectivity index (χ2v) is 3.65. The number of rotatable bonds is 4. The van der Waals surface area contributed by atoms with E-state index in [1.807, 2.05) is 0 Å². The molecule has 0 N–H and O–H groups in total. The first-order chi connectivity index (χ1) is 8.08. The van der Waals surface area contributed by atoms with Crippen LogP contribution in [0, 0.1) is 0 Å². The molecule has 0 aliphatic rings. The number of esters is 1. The van der Waals surface area contributed by atoms with Gasteiger partial charge in [0.25, 0.3) is 5.91 Å². The molecular formula is C11H13ClN2O3. The van der Waals surface area contributed by atoms with Gasteiger partial charge in [-0.05, 0) is 19.1 Å². The van der Waals surface area contributed by atoms with Gasteiger partial charge in [-0.25, -0.2) is 4.98 Å². The summed E-state index contributed by atoms with van der Waals surface area (Å²) in [5, 5.41) is 0.317. The van der Waals surface area contributed by atoms with Crippen LogP contribution in [0.5, 0.6) is 0 Å². The van der Waals surface area contributed by atoms with Crippen LogP contribution in [0.15, 0.2) is 18.3 Å². The first-order valence-electron chi connectivity index (χ1n) is 5.06. The molecule has 1 amide bonds. The number of methoxy groups -OCH3 is 1. The number of nitrogens with zero attached hydrogens (tertiary/aromatic N) is 2. The first kappa shape index (κ1) is 13.4. The van der Waals surface area contributed by atoms with Gasteiger partial charge < -0.3 is 9.64 Å². The molecule has 1 aromatic rings. The minimum atomic E-state index is -0.456. The van der Waals surface area contributed by atoms with Crippen LogP contribution in [0.25, 0.3) is 0 Å². The summed E-state index contributed by atoms with van der Waals surface area (Å²) < 4.78 is 4.52. The highest BCUT2D eigenvalue weighted by Crippen LogP contribution is 2.08. The zero-order chi connectivity index (χ0) is 12.8. The number of likely N-dealkylation sites (N-methyl/N-ethyl adjacent to an activating group) is 1. The molecule has 0 aliphatic heterocycles. The second kappa shape index (κ2) is 6.20. The van der Waals surface area contributed by atoms with Crippen molar-refractivity contribution in [3.63, 3.8) is 0 Å².